The number of anilines is 2. The molecule has 0 aliphatic carbocycles. The average Bonchev–Trinajstić information content (AvgIpc) is 3.18. The molecular formula is C19H23F3N4O3. The molecule has 0 saturated carbocycles. The Morgan fingerprint density at radius 3 is 2.83 bits per heavy atom. The van der Waals surface area contributed by atoms with Crippen LogP contribution in [0.1, 0.15) is 19.8 Å². The van der Waals surface area contributed by atoms with Crippen LogP contribution in [0.15, 0.2) is 30.3 Å². The van der Waals surface area contributed by atoms with Gasteiger partial charge in [0, 0.05) is 30.8 Å². The Labute approximate surface area is 166 Å². The molecule has 2 heterocycles. The average molecular weight is 412 g/mol. The van der Waals surface area contributed by atoms with Gasteiger partial charge >= 0.3 is 6.36 Å². The summed E-state index contributed by atoms with van der Waals surface area (Å²) in [7, 11) is 0. The zero-order valence-electron chi connectivity index (χ0n) is 15.9. The summed E-state index contributed by atoms with van der Waals surface area (Å²) in [6, 6.07) is 6.93. The van der Waals surface area contributed by atoms with Gasteiger partial charge in [-0.1, -0.05) is 12.1 Å². The zero-order valence-corrected chi connectivity index (χ0v) is 15.9. The van der Waals surface area contributed by atoms with E-state index in [9.17, 15) is 18.3 Å². The summed E-state index contributed by atoms with van der Waals surface area (Å²) in [5.74, 6) is 0.419. The van der Waals surface area contributed by atoms with Crippen molar-refractivity contribution in [1.29, 1.82) is 0 Å². The van der Waals surface area contributed by atoms with E-state index in [4.69, 9.17) is 4.74 Å². The van der Waals surface area contributed by atoms with Gasteiger partial charge in [0.1, 0.15) is 11.6 Å². The van der Waals surface area contributed by atoms with Crippen molar-refractivity contribution in [2.45, 2.75) is 38.3 Å². The van der Waals surface area contributed by atoms with Crippen LogP contribution >= 0.6 is 0 Å². The van der Waals surface area contributed by atoms with Gasteiger partial charge in [-0.05, 0) is 31.9 Å². The molecule has 0 spiro atoms. The van der Waals surface area contributed by atoms with Gasteiger partial charge in [-0.3, -0.25) is 0 Å². The lowest BCUT2D eigenvalue weighted by Gasteiger charge is -2.16. The highest BCUT2D eigenvalue weighted by molar-refractivity contribution is 5.66. The smallest absolute Gasteiger partial charge is 0.406 e. The maximum absolute atomic E-state index is 12.5. The van der Waals surface area contributed by atoms with E-state index in [1.807, 2.05) is 0 Å². The van der Waals surface area contributed by atoms with Crippen molar-refractivity contribution in [2.75, 3.05) is 30.4 Å². The van der Waals surface area contributed by atoms with Crippen molar-refractivity contribution in [2.24, 2.45) is 0 Å². The van der Waals surface area contributed by atoms with Gasteiger partial charge in [-0.15, -0.1) is 13.2 Å². The Kier molecular flexibility index (Phi) is 6.75. The molecule has 0 amide bonds. The summed E-state index contributed by atoms with van der Waals surface area (Å²) < 4.78 is 47.2. The number of aromatic nitrogens is 2. The number of nitrogens with one attached hydrogen (secondary N) is 2. The molecule has 0 radical (unpaired) electrons. The third-order valence-electron chi connectivity index (χ3n) is 4.27. The van der Waals surface area contributed by atoms with Crippen LogP contribution < -0.4 is 15.4 Å². The second-order valence-electron chi connectivity index (χ2n) is 6.78. The number of rotatable bonds is 8. The van der Waals surface area contributed by atoms with E-state index in [1.54, 1.807) is 19.1 Å². The first-order valence-corrected chi connectivity index (χ1v) is 9.30. The van der Waals surface area contributed by atoms with E-state index < -0.39 is 6.36 Å². The molecule has 29 heavy (non-hydrogen) atoms. The van der Waals surface area contributed by atoms with Crippen molar-refractivity contribution in [1.82, 2.24) is 9.97 Å². The number of halogens is 3. The van der Waals surface area contributed by atoms with Gasteiger partial charge in [0.05, 0.1) is 18.4 Å². The Morgan fingerprint density at radius 2 is 2.14 bits per heavy atom. The molecule has 1 aromatic carbocycles. The fraction of sp³-hybridized carbons (Fsp3) is 0.474. The van der Waals surface area contributed by atoms with Crippen molar-refractivity contribution in [3.8, 4) is 17.0 Å². The summed E-state index contributed by atoms with van der Waals surface area (Å²) in [6.45, 7) is 2.92. The Morgan fingerprint density at radius 1 is 1.31 bits per heavy atom. The first kappa shape index (κ1) is 21.1. The first-order chi connectivity index (χ1) is 13.8. The molecule has 1 aliphatic heterocycles. The van der Waals surface area contributed by atoms with Crippen LogP contribution in [0.2, 0.25) is 0 Å². The molecule has 0 bridgehead atoms. The standard InChI is InChI=1S/C19H23F3N4O3/c1-12(11-27)24-18-25-16(9-17(26-18)23-10-15-6-3-7-28-15)13-4-2-5-14(8-13)29-19(20,21)22/h2,4-5,8-9,12,15,27H,3,6-7,10-11H2,1H3,(H2,23,24,25,26)/t12-,15-/m0/s1. The second-order valence-corrected chi connectivity index (χ2v) is 6.78. The van der Waals surface area contributed by atoms with Crippen molar-refractivity contribution < 1.29 is 27.8 Å². The number of nitrogens with zero attached hydrogens (tertiary/aromatic N) is 2. The lowest BCUT2D eigenvalue weighted by atomic mass is 10.1. The number of aliphatic hydroxyl groups is 1. The highest BCUT2D eigenvalue weighted by atomic mass is 19.4. The van der Waals surface area contributed by atoms with Crippen LogP contribution in [0, 0.1) is 0 Å². The summed E-state index contributed by atoms with van der Waals surface area (Å²) >= 11 is 0. The van der Waals surface area contributed by atoms with Crippen molar-refractivity contribution in [3.05, 3.63) is 30.3 Å². The molecule has 3 rings (SSSR count). The molecule has 1 aromatic heterocycles. The highest BCUT2D eigenvalue weighted by Crippen LogP contribution is 2.29. The highest BCUT2D eigenvalue weighted by Gasteiger charge is 2.31. The van der Waals surface area contributed by atoms with Gasteiger partial charge in [-0.2, -0.15) is 4.98 Å². The SMILES string of the molecule is C[C@@H](CO)Nc1nc(NC[C@@H]2CCCO2)cc(-c2cccc(OC(F)(F)F)c2)n1. The predicted octanol–water partition coefficient (Wildman–Crippen LogP) is 3.43. The summed E-state index contributed by atoms with van der Waals surface area (Å²) in [6.07, 6.45) is -2.73. The minimum atomic E-state index is -4.78. The largest absolute Gasteiger partial charge is 0.573 e. The van der Waals surface area contributed by atoms with Gasteiger partial charge < -0.3 is 25.2 Å². The number of hydrogen-bond donors (Lipinski definition) is 3. The maximum atomic E-state index is 12.5. The van der Waals surface area contributed by atoms with Crippen molar-refractivity contribution in [3.63, 3.8) is 0 Å². The maximum Gasteiger partial charge on any atom is 0.573 e. The first-order valence-electron chi connectivity index (χ1n) is 9.30. The lowest BCUT2D eigenvalue weighted by molar-refractivity contribution is -0.274. The molecule has 1 saturated heterocycles. The van der Waals surface area contributed by atoms with Crippen LogP contribution in [-0.2, 0) is 4.74 Å². The molecule has 1 fully saturated rings. The molecule has 7 nitrogen and oxygen atoms in total. The van der Waals surface area contributed by atoms with E-state index in [1.165, 1.54) is 18.2 Å². The van der Waals surface area contributed by atoms with E-state index in [0.717, 1.165) is 19.4 Å². The molecule has 0 unspecified atom stereocenters. The quantitative estimate of drug-likeness (QED) is 0.612. The third kappa shape index (κ3) is 6.47. The minimum Gasteiger partial charge on any atom is -0.406 e. The van der Waals surface area contributed by atoms with Gasteiger partial charge in [0.25, 0.3) is 0 Å². The van der Waals surface area contributed by atoms with E-state index in [2.05, 4.69) is 25.3 Å². The van der Waals surface area contributed by atoms with Gasteiger partial charge in [0.15, 0.2) is 0 Å². The fourth-order valence-electron chi connectivity index (χ4n) is 2.89. The second kappa shape index (κ2) is 9.27. The number of aliphatic hydroxyl groups excluding tert-OH is 1. The van der Waals surface area contributed by atoms with Crippen LogP contribution in [-0.4, -0.2) is 53.3 Å². The molecule has 158 valence electrons. The van der Waals surface area contributed by atoms with E-state index >= 15 is 0 Å². The normalized spacial score (nSPS) is 17.8. The number of alkyl halides is 3. The molecule has 2 aromatic rings. The zero-order chi connectivity index (χ0) is 20.9. The Hall–Kier alpha value is -2.59. The summed E-state index contributed by atoms with van der Waals surface area (Å²) in [5, 5.41) is 15.4. The Balaban J connectivity index is 1.86. The number of ether oxygens (including phenoxy) is 2. The molecule has 3 N–H and O–H groups in total. The lowest BCUT2D eigenvalue weighted by Crippen LogP contribution is -2.22. The van der Waals surface area contributed by atoms with Crippen LogP contribution in [0.25, 0.3) is 11.3 Å². The fourth-order valence-corrected chi connectivity index (χ4v) is 2.89. The summed E-state index contributed by atoms with van der Waals surface area (Å²) in [5.41, 5.74) is 0.851. The predicted molar refractivity (Wildman–Crippen MR) is 102 cm³/mol. The van der Waals surface area contributed by atoms with Crippen LogP contribution in [0.5, 0.6) is 5.75 Å². The van der Waals surface area contributed by atoms with Crippen LogP contribution in [0.3, 0.4) is 0 Å². The van der Waals surface area contributed by atoms with E-state index in [-0.39, 0.29) is 30.5 Å². The molecule has 2 atom stereocenters. The van der Waals surface area contributed by atoms with Crippen LogP contribution in [0.4, 0.5) is 24.9 Å². The van der Waals surface area contributed by atoms with Gasteiger partial charge in [-0.25, -0.2) is 4.98 Å². The third-order valence-corrected chi connectivity index (χ3v) is 4.27. The van der Waals surface area contributed by atoms with Gasteiger partial charge in [0.2, 0.25) is 5.95 Å². The Bertz CT molecular complexity index is 814. The van der Waals surface area contributed by atoms with E-state index in [0.29, 0.717) is 23.6 Å². The molecular weight excluding hydrogens is 389 g/mol. The molecule has 10 heteroatoms. The minimum absolute atomic E-state index is 0.0877. The van der Waals surface area contributed by atoms with Crippen molar-refractivity contribution >= 4 is 11.8 Å². The molecule has 1 aliphatic rings. The topological polar surface area (TPSA) is 88.5 Å². The summed E-state index contributed by atoms with van der Waals surface area (Å²) in [4.78, 5) is 8.75. The monoisotopic (exact) mass is 412 g/mol. The number of hydrogen-bond acceptors (Lipinski definition) is 7. The number of benzene rings is 1.